The zero-order valence-electron chi connectivity index (χ0n) is 10.4. The van der Waals surface area contributed by atoms with Crippen molar-refractivity contribution >= 4 is 31.9 Å². The number of nitrogens with two attached hydrogens (primary N) is 1. The highest BCUT2D eigenvalue weighted by molar-refractivity contribution is 9.11. The van der Waals surface area contributed by atoms with E-state index in [2.05, 4.69) is 38.8 Å². The molecule has 2 atom stereocenters. The second-order valence-electron chi connectivity index (χ2n) is 4.15. The lowest BCUT2D eigenvalue weighted by molar-refractivity contribution is 0.273. The van der Waals surface area contributed by atoms with Crippen molar-refractivity contribution in [1.29, 1.82) is 5.26 Å². The highest BCUT2D eigenvalue weighted by Crippen LogP contribution is 2.35. The molecule has 1 aromatic rings. The Morgan fingerprint density at radius 3 is 2.39 bits per heavy atom. The molecule has 1 rings (SSSR count). The first-order valence-electron chi connectivity index (χ1n) is 5.77. The summed E-state index contributed by atoms with van der Waals surface area (Å²) in [5.74, 6) is 0.651. The Kier molecular flexibility index (Phi) is 6.13. The molecule has 0 fully saturated rings. The molecule has 0 aliphatic rings. The van der Waals surface area contributed by atoms with Gasteiger partial charge in [0.05, 0.1) is 8.95 Å². The van der Waals surface area contributed by atoms with Gasteiger partial charge in [0.1, 0.15) is 11.8 Å². The van der Waals surface area contributed by atoms with Gasteiger partial charge in [0.25, 0.3) is 0 Å². The van der Waals surface area contributed by atoms with Crippen LogP contribution in [0.15, 0.2) is 21.1 Å². The van der Waals surface area contributed by atoms with Crippen molar-refractivity contribution in [2.24, 2.45) is 5.73 Å². The van der Waals surface area contributed by atoms with E-state index >= 15 is 0 Å². The molecule has 0 saturated heterocycles. The molecule has 0 amide bonds. The van der Waals surface area contributed by atoms with E-state index in [1.54, 1.807) is 6.92 Å². The third-order valence-electron chi connectivity index (χ3n) is 2.56. The van der Waals surface area contributed by atoms with Crippen molar-refractivity contribution < 1.29 is 4.74 Å². The van der Waals surface area contributed by atoms with Crippen LogP contribution in [0.5, 0.6) is 5.75 Å². The molecule has 0 aliphatic heterocycles. The van der Waals surface area contributed by atoms with Gasteiger partial charge in [0.2, 0.25) is 0 Å². The van der Waals surface area contributed by atoms with E-state index in [4.69, 9.17) is 15.7 Å². The van der Waals surface area contributed by atoms with Crippen molar-refractivity contribution in [3.8, 4) is 11.8 Å². The monoisotopic (exact) mass is 374 g/mol. The van der Waals surface area contributed by atoms with E-state index in [1.165, 1.54) is 0 Å². The van der Waals surface area contributed by atoms with E-state index in [-0.39, 0.29) is 6.04 Å². The molecule has 0 spiro atoms. The molecule has 3 nitrogen and oxygen atoms in total. The standard InChI is InChI=1S/C13H16Br2N2O/c1-3-10(17)4-9-5-11(14)13(12(15)6-9)18-8(2)7-16/h5-6,8,10H,3-4,17H2,1-2H3. The van der Waals surface area contributed by atoms with Crippen LogP contribution in [0.3, 0.4) is 0 Å². The van der Waals surface area contributed by atoms with Crippen molar-refractivity contribution in [2.75, 3.05) is 0 Å². The molecular weight excluding hydrogens is 360 g/mol. The highest BCUT2D eigenvalue weighted by Gasteiger charge is 2.13. The summed E-state index contributed by atoms with van der Waals surface area (Å²) in [5, 5.41) is 8.76. The fraction of sp³-hybridized carbons (Fsp3) is 0.462. The summed E-state index contributed by atoms with van der Waals surface area (Å²) in [6.45, 7) is 3.78. The van der Waals surface area contributed by atoms with Crippen molar-refractivity contribution in [2.45, 2.75) is 38.8 Å². The number of hydrogen-bond acceptors (Lipinski definition) is 3. The molecule has 2 unspecified atom stereocenters. The largest absolute Gasteiger partial charge is 0.474 e. The number of halogens is 2. The summed E-state index contributed by atoms with van der Waals surface area (Å²) in [6.07, 6.45) is 1.28. The fourth-order valence-electron chi connectivity index (χ4n) is 1.49. The van der Waals surface area contributed by atoms with Crippen LogP contribution in [-0.4, -0.2) is 12.1 Å². The molecule has 0 aliphatic carbocycles. The molecule has 2 N–H and O–H groups in total. The van der Waals surface area contributed by atoms with Crippen LogP contribution >= 0.6 is 31.9 Å². The van der Waals surface area contributed by atoms with Crippen molar-refractivity contribution in [3.63, 3.8) is 0 Å². The number of benzene rings is 1. The predicted octanol–water partition coefficient (Wildman–Crippen LogP) is 3.78. The summed E-state index contributed by atoms with van der Waals surface area (Å²) in [4.78, 5) is 0. The molecule has 1 aromatic carbocycles. The van der Waals surface area contributed by atoms with E-state index in [0.29, 0.717) is 5.75 Å². The SMILES string of the molecule is CCC(N)Cc1cc(Br)c(OC(C)C#N)c(Br)c1. The lowest BCUT2D eigenvalue weighted by Crippen LogP contribution is -2.21. The Labute approximate surface area is 125 Å². The van der Waals surface area contributed by atoms with Crippen molar-refractivity contribution in [1.82, 2.24) is 0 Å². The number of rotatable bonds is 5. The van der Waals surface area contributed by atoms with Gasteiger partial charge in [-0.3, -0.25) is 0 Å². The second kappa shape index (κ2) is 7.13. The van der Waals surface area contributed by atoms with Crippen molar-refractivity contribution in [3.05, 3.63) is 26.6 Å². The third kappa shape index (κ3) is 4.27. The van der Waals surface area contributed by atoms with Gasteiger partial charge in [-0.25, -0.2) is 0 Å². The number of hydrogen-bond donors (Lipinski definition) is 1. The van der Waals surface area contributed by atoms with Gasteiger partial charge in [-0.1, -0.05) is 6.92 Å². The first-order chi connectivity index (χ1) is 8.47. The second-order valence-corrected chi connectivity index (χ2v) is 5.86. The number of nitrogens with zero attached hydrogens (tertiary/aromatic N) is 1. The van der Waals surface area contributed by atoms with E-state index in [9.17, 15) is 0 Å². The Bertz CT molecular complexity index is 434. The first kappa shape index (κ1) is 15.5. The molecule has 0 radical (unpaired) electrons. The minimum atomic E-state index is -0.485. The minimum absolute atomic E-state index is 0.161. The Hall–Kier alpha value is -0.570. The normalized spacial score (nSPS) is 13.8. The van der Waals surface area contributed by atoms with Crippen LogP contribution < -0.4 is 10.5 Å². The fourth-order valence-corrected chi connectivity index (χ4v) is 2.96. The maximum atomic E-state index is 8.76. The van der Waals surface area contributed by atoms with Crippen LogP contribution in [0, 0.1) is 11.3 Å². The molecule has 0 saturated carbocycles. The maximum absolute atomic E-state index is 8.76. The van der Waals surface area contributed by atoms with Gasteiger partial charge in [-0.05, 0) is 69.3 Å². The van der Waals surface area contributed by atoms with Gasteiger partial charge in [-0.15, -0.1) is 0 Å². The Morgan fingerprint density at radius 2 is 1.94 bits per heavy atom. The molecule has 0 aromatic heterocycles. The third-order valence-corrected chi connectivity index (χ3v) is 3.73. The molecule has 5 heteroatoms. The summed E-state index contributed by atoms with van der Waals surface area (Å²) >= 11 is 6.92. The van der Waals surface area contributed by atoms with E-state index < -0.39 is 6.10 Å². The minimum Gasteiger partial charge on any atom is -0.474 e. The lowest BCUT2D eigenvalue weighted by Gasteiger charge is -2.15. The average Bonchev–Trinajstić information content (AvgIpc) is 2.33. The molecule has 18 heavy (non-hydrogen) atoms. The Balaban J connectivity index is 2.94. The highest BCUT2D eigenvalue weighted by atomic mass is 79.9. The summed E-state index contributed by atoms with van der Waals surface area (Å²) in [7, 11) is 0. The average molecular weight is 376 g/mol. The van der Waals surface area contributed by atoms with E-state index in [0.717, 1.165) is 27.4 Å². The van der Waals surface area contributed by atoms with Crippen LogP contribution in [0.2, 0.25) is 0 Å². The predicted molar refractivity (Wildman–Crippen MR) is 79.5 cm³/mol. The van der Waals surface area contributed by atoms with Gasteiger partial charge in [-0.2, -0.15) is 5.26 Å². The van der Waals surface area contributed by atoms with Gasteiger partial charge >= 0.3 is 0 Å². The molecular formula is C13H16Br2N2O. The van der Waals surface area contributed by atoms with Gasteiger partial charge in [0, 0.05) is 6.04 Å². The first-order valence-corrected chi connectivity index (χ1v) is 7.36. The van der Waals surface area contributed by atoms with Gasteiger partial charge < -0.3 is 10.5 Å². The van der Waals surface area contributed by atoms with Crippen LogP contribution in [0.25, 0.3) is 0 Å². The van der Waals surface area contributed by atoms with Gasteiger partial charge in [0.15, 0.2) is 6.10 Å². The molecule has 98 valence electrons. The molecule has 0 bridgehead atoms. The smallest absolute Gasteiger partial charge is 0.181 e. The van der Waals surface area contributed by atoms with Crippen LogP contribution in [-0.2, 0) is 6.42 Å². The van der Waals surface area contributed by atoms with Crippen LogP contribution in [0.4, 0.5) is 0 Å². The zero-order chi connectivity index (χ0) is 13.7. The zero-order valence-corrected chi connectivity index (χ0v) is 13.6. The summed E-state index contributed by atoms with van der Waals surface area (Å²) in [5.41, 5.74) is 7.08. The maximum Gasteiger partial charge on any atom is 0.181 e. The number of nitriles is 1. The summed E-state index contributed by atoms with van der Waals surface area (Å²) in [6, 6.07) is 6.17. The summed E-state index contributed by atoms with van der Waals surface area (Å²) < 4.78 is 7.19. The topological polar surface area (TPSA) is 59.0 Å². The number of ether oxygens (including phenoxy) is 1. The Morgan fingerprint density at radius 1 is 1.39 bits per heavy atom. The lowest BCUT2D eigenvalue weighted by atomic mass is 10.0. The van der Waals surface area contributed by atoms with Crippen LogP contribution in [0.1, 0.15) is 25.8 Å². The molecule has 0 heterocycles. The van der Waals surface area contributed by atoms with E-state index in [1.807, 2.05) is 18.2 Å². The quantitative estimate of drug-likeness (QED) is 0.851.